The van der Waals surface area contributed by atoms with Crippen molar-refractivity contribution in [3.05, 3.63) is 24.0 Å². The molecule has 0 bridgehead atoms. The standard InChI is InChI=1S/C18H32N2O/c1-4-6-7-8-9-10-11-12-17(20-5-2)16-13-14-19-15-18(16)21-3/h13-15,17,20H,4-12H2,1-3H3. The molecule has 3 nitrogen and oxygen atoms in total. The number of hydrogen-bond donors (Lipinski definition) is 1. The van der Waals surface area contributed by atoms with Gasteiger partial charge in [0, 0.05) is 17.8 Å². The van der Waals surface area contributed by atoms with Crippen molar-refractivity contribution in [2.24, 2.45) is 0 Å². The lowest BCUT2D eigenvalue weighted by Gasteiger charge is -2.20. The summed E-state index contributed by atoms with van der Waals surface area (Å²) in [5.41, 5.74) is 1.24. The number of ether oxygens (including phenoxy) is 1. The summed E-state index contributed by atoms with van der Waals surface area (Å²) in [5, 5.41) is 3.58. The monoisotopic (exact) mass is 292 g/mol. The van der Waals surface area contributed by atoms with Crippen molar-refractivity contribution in [3.63, 3.8) is 0 Å². The van der Waals surface area contributed by atoms with E-state index in [1.54, 1.807) is 7.11 Å². The van der Waals surface area contributed by atoms with Crippen LogP contribution in [0.5, 0.6) is 5.75 Å². The van der Waals surface area contributed by atoms with Crippen molar-refractivity contribution in [2.45, 2.75) is 71.3 Å². The highest BCUT2D eigenvalue weighted by molar-refractivity contribution is 5.32. The van der Waals surface area contributed by atoms with Gasteiger partial charge >= 0.3 is 0 Å². The topological polar surface area (TPSA) is 34.2 Å². The van der Waals surface area contributed by atoms with E-state index < -0.39 is 0 Å². The van der Waals surface area contributed by atoms with Gasteiger partial charge in [-0.15, -0.1) is 0 Å². The van der Waals surface area contributed by atoms with Crippen molar-refractivity contribution in [2.75, 3.05) is 13.7 Å². The van der Waals surface area contributed by atoms with E-state index in [0.717, 1.165) is 12.3 Å². The van der Waals surface area contributed by atoms with E-state index in [0.29, 0.717) is 6.04 Å². The molecule has 1 aromatic rings. The van der Waals surface area contributed by atoms with Gasteiger partial charge in [-0.1, -0.05) is 58.8 Å². The molecule has 0 spiro atoms. The number of aromatic nitrogens is 1. The Morgan fingerprint density at radius 1 is 1.10 bits per heavy atom. The van der Waals surface area contributed by atoms with Gasteiger partial charge in [-0.05, 0) is 19.0 Å². The summed E-state index contributed by atoms with van der Waals surface area (Å²) in [7, 11) is 1.72. The van der Waals surface area contributed by atoms with Crippen LogP contribution >= 0.6 is 0 Å². The van der Waals surface area contributed by atoms with Crippen LogP contribution in [0.3, 0.4) is 0 Å². The minimum Gasteiger partial charge on any atom is -0.495 e. The Kier molecular flexibility index (Phi) is 9.88. The zero-order valence-corrected chi connectivity index (χ0v) is 14.0. The predicted octanol–water partition coefficient (Wildman–Crippen LogP) is 4.88. The largest absolute Gasteiger partial charge is 0.495 e. The Morgan fingerprint density at radius 3 is 2.48 bits per heavy atom. The fourth-order valence-electron chi connectivity index (χ4n) is 2.77. The molecule has 21 heavy (non-hydrogen) atoms. The molecule has 1 N–H and O–H groups in total. The van der Waals surface area contributed by atoms with E-state index in [-0.39, 0.29) is 0 Å². The van der Waals surface area contributed by atoms with E-state index in [1.807, 2.05) is 12.4 Å². The van der Waals surface area contributed by atoms with Gasteiger partial charge in [0.05, 0.1) is 13.3 Å². The Labute approximate surface area is 130 Å². The molecule has 0 amide bonds. The van der Waals surface area contributed by atoms with Gasteiger partial charge in [0.25, 0.3) is 0 Å². The molecular formula is C18H32N2O. The smallest absolute Gasteiger partial charge is 0.141 e. The van der Waals surface area contributed by atoms with Crippen LogP contribution in [0.15, 0.2) is 18.5 Å². The molecule has 1 aromatic heterocycles. The molecule has 1 rings (SSSR count). The highest BCUT2D eigenvalue weighted by Crippen LogP contribution is 2.27. The van der Waals surface area contributed by atoms with E-state index in [2.05, 4.69) is 30.2 Å². The van der Waals surface area contributed by atoms with E-state index >= 15 is 0 Å². The van der Waals surface area contributed by atoms with Crippen LogP contribution in [0.1, 0.15) is 76.8 Å². The highest BCUT2D eigenvalue weighted by atomic mass is 16.5. The lowest BCUT2D eigenvalue weighted by molar-refractivity contribution is 0.391. The maximum absolute atomic E-state index is 5.44. The number of pyridine rings is 1. The summed E-state index contributed by atoms with van der Waals surface area (Å²) in [4.78, 5) is 4.14. The SMILES string of the molecule is CCCCCCCCCC(NCC)c1ccncc1OC. The average molecular weight is 292 g/mol. The normalized spacial score (nSPS) is 12.3. The molecule has 0 saturated carbocycles. The van der Waals surface area contributed by atoms with E-state index in [4.69, 9.17) is 4.74 Å². The minimum atomic E-state index is 0.378. The average Bonchev–Trinajstić information content (AvgIpc) is 2.53. The van der Waals surface area contributed by atoms with Crippen LogP contribution in [-0.2, 0) is 0 Å². The van der Waals surface area contributed by atoms with Crippen LogP contribution in [0.4, 0.5) is 0 Å². The number of nitrogens with one attached hydrogen (secondary N) is 1. The van der Waals surface area contributed by atoms with Crippen LogP contribution in [0.25, 0.3) is 0 Å². The fraction of sp³-hybridized carbons (Fsp3) is 0.722. The zero-order chi connectivity index (χ0) is 15.3. The molecule has 0 aromatic carbocycles. The van der Waals surface area contributed by atoms with Crippen LogP contribution in [0.2, 0.25) is 0 Å². The first-order chi connectivity index (χ1) is 10.3. The molecule has 0 aliphatic carbocycles. The molecule has 0 aliphatic rings. The Hall–Kier alpha value is -1.09. The van der Waals surface area contributed by atoms with Crippen LogP contribution < -0.4 is 10.1 Å². The third-order valence-corrected chi connectivity index (χ3v) is 3.96. The molecule has 0 radical (unpaired) electrons. The molecule has 0 aliphatic heterocycles. The molecular weight excluding hydrogens is 260 g/mol. The van der Waals surface area contributed by atoms with Gasteiger partial charge in [0.15, 0.2) is 0 Å². The summed E-state index contributed by atoms with van der Waals surface area (Å²) in [6, 6.07) is 2.46. The Balaban J connectivity index is 2.39. The second-order valence-corrected chi connectivity index (χ2v) is 5.64. The van der Waals surface area contributed by atoms with Gasteiger partial charge in [0.2, 0.25) is 0 Å². The van der Waals surface area contributed by atoms with Gasteiger partial charge < -0.3 is 10.1 Å². The summed E-state index contributed by atoms with van der Waals surface area (Å²) in [6.07, 6.45) is 14.3. The van der Waals surface area contributed by atoms with Gasteiger partial charge in [-0.25, -0.2) is 0 Å². The highest BCUT2D eigenvalue weighted by Gasteiger charge is 2.14. The summed E-state index contributed by atoms with van der Waals surface area (Å²) in [5.74, 6) is 0.895. The van der Waals surface area contributed by atoms with Crippen molar-refractivity contribution in [1.82, 2.24) is 10.3 Å². The fourth-order valence-corrected chi connectivity index (χ4v) is 2.77. The first-order valence-electron chi connectivity index (χ1n) is 8.54. The number of unbranched alkanes of at least 4 members (excludes halogenated alkanes) is 6. The van der Waals surface area contributed by atoms with E-state index in [9.17, 15) is 0 Å². The third kappa shape index (κ3) is 6.94. The van der Waals surface area contributed by atoms with Crippen molar-refractivity contribution in [1.29, 1.82) is 0 Å². The summed E-state index contributed by atoms with van der Waals surface area (Å²) < 4.78 is 5.44. The lowest BCUT2D eigenvalue weighted by Crippen LogP contribution is -2.21. The second kappa shape index (κ2) is 11.6. The van der Waals surface area contributed by atoms with Crippen LogP contribution in [-0.4, -0.2) is 18.6 Å². The summed E-state index contributed by atoms with van der Waals surface area (Å²) in [6.45, 7) is 5.40. The molecule has 1 heterocycles. The third-order valence-electron chi connectivity index (χ3n) is 3.96. The molecule has 0 fully saturated rings. The van der Waals surface area contributed by atoms with Gasteiger partial charge in [0.1, 0.15) is 5.75 Å². The molecule has 120 valence electrons. The second-order valence-electron chi connectivity index (χ2n) is 5.64. The van der Waals surface area contributed by atoms with Crippen molar-refractivity contribution >= 4 is 0 Å². The first kappa shape index (κ1) is 18.0. The Bertz CT molecular complexity index is 368. The van der Waals surface area contributed by atoms with Gasteiger partial charge in [-0.2, -0.15) is 0 Å². The maximum atomic E-state index is 5.44. The number of rotatable bonds is 12. The van der Waals surface area contributed by atoms with Crippen LogP contribution in [0, 0.1) is 0 Å². The number of nitrogens with zero attached hydrogens (tertiary/aromatic N) is 1. The van der Waals surface area contributed by atoms with Gasteiger partial charge in [-0.3, -0.25) is 4.98 Å². The minimum absolute atomic E-state index is 0.378. The first-order valence-corrected chi connectivity index (χ1v) is 8.54. The Morgan fingerprint density at radius 2 is 1.81 bits per heavy atom. The predicted molar refractivity (Wildman–Crippen MR) is 89.8 cm³/mol. The lowest BCUT2D eigenvalue weighted by atomic mass is 9.99. The van der Waals surface area contributed by atoms with Crippen molar-refractivity contribution < 1.29 is 4.74 Å². The number of hydrogen-bond acceptors (Lipinski definition) is 3. The molecule has 1 atom stereocenters. The summed E-state index contributed by atoms with van der Waals surface area (Å²) >= 11 is 0. The van der Waals surface area contributed by atoms with E-state index in [1.165, 1.54) is 56.9 Å². The molecule has 1 unspecified atom stereocenters. The zero-order valence-electron chi connectivity index (χ0n) is 14.0. The quantitative estimate of drug-likeness (QED) is 0.557. The molecule has 0 saturated heterocycles. The molecule has 3 heteroatoms. The maximum Gasteiger partial charge on any atom is 0.141 e. The number of methoxy groups -OCH3 is 1. The van der Waals surface area contributed by atoms with Crippen molar-refractivity contribution in [3.8, 4) is 5.75 Å².